The summed E-state index contributed by atoms with van der Waals surface area (Å²) in [5.74, 6) is 1.17. The zero-order valence-electron chi connectivity index (χ0n) is 17.6. The molecule has 1 aliphatic rings. The van der Waals surface area contributed by atoms with E-state index < -0.39 is 0 Å². The van der Waals surface area contributed by atoms with Crippen LogP contribution in [0, 0.1) is 6.92 Å². The van der Waals surface area contributed by atoms with Gasteiger partial charge in [0, 0.05) is 48.9 Å². The normalized spacial score (nSPS) is 13.5. The van der Waals surface area contributed by atoms with Gasteiger partial charge in [0.15, 0.2) is 0 Å². The van der Waals surface area contributed by atoms with Crippen molar-refractivity contribution < 1.29 is 14.0 Å². The van der Waals surface area contributed by atoms with Gasteiger partial charge in [-0.25, -0.2) is 9.78 Å². The molecular formula is C23H25N5O3. The number of pyridine rings is 1. The number of hydrogen-bond acceptors (Lipinski definition) is 5. The van der Waals surface area contributed by atoms with Gasteiger partial charge in [0.1, 0.15) is 17.2 Å². The van der Waals surface area contributed by atoms with Crippen molar-refractivity contribution in [3.63, 3.8) is 0 Å². The second-order valence-corrected chi connectivity index (χ2v) is 7.59. The van der Waals surface area contributed by atoms with Crippen molar-refractivity contribution in [2.75, 3.05) is 25.5 Å². The SMILES string of the molecule is Cc1c(CN(C)C(=O)C=Cc2cnc3c(c2)CN(CCN)C(=O)N3)oc2ccccc12. The van der Waals surface area contributed by atoms with Crippen LogP contribution in [0.25, 0.3) is 17.0 Å². The number of aryl methyl sites for hydroxylation is 1. The number of nitrogens with two attached hydrogens (primary N) is 1. The van der Waals surface area contributed by atoms with Crippen molar-refractivity contribution in [2.45, 2.75) is 20.0 Å². The minimum Gasteiger partial charge on any atom is -0.459 e. The van der Waals surface area contributed by atoms with Gasteiger partial charge in [-0.05, 0) is 30.7 Å². The van der Waals surface area contributed by atoms with Gasteiger partial charge in [-0.3, -0.25) is 10.1 Å². The molecule has 0 saturated heterocycles. The first-order valence-corrected chi connectivity index (χ1v) is 10.1. The number of carbonyl (C=O) groups excluding carboxylic acids is 2. The quantitative estimate of drug-likeness (QED) is 0.598. The maximum absolute atomic E-state index is 12.6. The van der Waals surface area contributed by atoms with E-state index in [1.54, 1.807) is 29.1 Å². The van der Waals surface area contributed by atoms with Crippen molar-refractivity contribution >= 4 is 34.8 Å². The number of anilines is 1. The number of fused-ring (bicyclic) bond motifs is 2. The van der Waals surface area contributed by atoms with E-state index in [2.05, 4.69) is 10.3 Å². The first kappa shape index (κ1) is 20.6. The Labute approximate surface area is 180 Å². The van der Waals surface area contributed by atoms with Crippen LogP contribution in [0.2, 0.25) is 0 Å². The second-order valence-electron chi connectivity index (χ2n) is 7.59. The molecule has 4 rings (SSSR count). The first-order valence-electron chi connectivity index (χ1n) is 10.1. The summed E-state index contributed by atoms with van der Waals surface area (Å²) >= 11 is 0. The predicted molar refractivity (Wildman–Crippen MR) is 119 cm³/mol. The Bertz CT molecular complexity index is 1170. The Hall–Kier alpha value is -3.65. The largest absolute Gasteiger partial charge is 0.459 e. The molecule has 160 valence electrons. The number of rotatable bonds is 6. The third kappa shape index (κ3) is 4.29. The fourth-order valence-electron chi connectivity index (χ4n) is 3.61. The van der Waals surface area contributed by atoms with Gasteiger partial charge in [-0.1, -0.05) is 18.2 Å². The van der Waals surface area contributed by atoms with Crippen molar-refractivity contribution in [3.8, 4) is 0 Å². The van der Waals surface area contributed by atoms with E-state index in [4.69, 9.17) is 10.2 Å². The number of nitrogens with zero attached hydrogens (tertiary/aromatic N) is 3. The van der Waals surface area contributed by atoms with Crippen LogP contribution in [-0.4, -0.2) is 46.9 Å². The number of furan rings is 1. The number of urea groups is 1. The van der Waals surface area contributed by atoms with E-state index in [1.807, 2.05) is 37.3 Å². The van der Waals surface area contributed by atoms with Crippen LogP contribution in [0.5, 0.6) is 0 Å². The van der Waals surface area contributed by atoms with Crippen LogP contribution < -0.4 is 11.1 Å². The highest BCUT2D eigenvalue weighted by Crippen LogP contribution is 2.26. The molecule has 0 atom stereocenters. The zero-order valence-corrected chi connectivity index (χ0v) is 17.6. The Morgan fingerprint density at radius 2 is 2.19 bits per heavy atom. The van der Waals surface area contributed by atoms with E-state index in [1.165, 1.54) is 6.08 Å². The molecule has 3 aromatic rings. The highest BCUT2D eigenvalue weighted by atomic mass is 16.3. The number of benzene rings is 1. The number of hydrogen-bond donors (Lipinski definition) is 2. The molecule has 31 heavy (non-hydrogen) atoms. The van der Waals surface area contributed by atoms with Gasteiger partial charge >= 0.3 is 6.03 Å². The Kier molecular flexibility index (Phi) is 5.73. The first-order chi connectivity index (χ1) is 15.0. The third-order valence-corrected chi connectivity index (χ3v) is 5.38. The Morgan fingerprint density at radius 1 is 1.39 bits per heavy atom. The number of aromatic nitrogens is 1. The summed E-state index contributed by atoms with van der Waals surface area (Å²) in [5, 5.41) is 3.82. The summed E-state index contributed by atoms with van der Waals surface area (Å²) in [7, 11) is 1.74. The van der Waals surface area contributed by atoms with Crippen LogP contribution in [0.4, 0.5) is 10.6 Å². The summed E-state index contributed by atoms with van der Waals surface area (Å²) in [6.07, 6.45) is 4.87. The van der Waals surface area contributed by atoms with Gasteiger partial charge in [-0.15, -0.1) is 0 Å². The number of para-hydroxylation sites is 1. The fourth-order valence-corrected chi connectivity index (χ4v) is 3.61. The number of amides is 3. The highest BCUT2D eigenvalue weighted by Gasteiger charge is 2.22. The lowest BCUT2D eigenvalue weighted by Gasteiger charge is -2.28. The van der Waals surface area contributed by atoms with Crippen molar-refractivity contribution in [1.82, 2.24) is 14.8 Å². The monoisotopic (exact) mass is 419 g/mol. The van der Waals surface area contributed by atoms with Crippen LogP contribution in [0.3, 0.4) is 0 Å². The lowest BCUT2D eigenvalue weighted by molar-refractivity contribution is -0.125. The molecule has 0 radical (unpaired) electrons. The molecule has 0 fully saturated rings. The van der Waals surface area contributed by atoms with Crippen molar-refractivity contribution in [2.24, 2.45) is 5.73 Å². The fraction of sp³-hybridized carbons (Fsp3) is 0.261. The zero-order chi connectivity index (χ0) is 22.0. The summed E-state index contributed by atoms with van der Waals surface area (Å²) in [6.45, 7) is 3.68. The molecule has 8 heteroatoms. The number of nitrogens with one attached hydrogen (secondary N) is 1. The van der Waals surface area contributed by atoms with Crippen LogP contribution >= 0.6 is 0 Å². The summed E-state index contributed by atoms with van der Waals surface area (Å²) in [4.78, 5) is 32.2. The lowest BCUT2D eigenvalue weighted by Crippen LogP contribution is -2.41. The maximum Gasteiger partial charge on any atom is 0.323 e. The van der Waals surface area contributed by atoms with E-state index >= 15 is 0 Å². The predicted octanol–water partition coefficient (Wildman–Crippen LogP) is 3.11. The number of carbonyl (C=O) groups is 2. The van der Waals surface area contributed by atoms with Crippen molar-refractivity contribution in [3.05, 3.63) is 65.1 Å². The smallest absolute Gasteiger partial charge is 0.323 e. The second kappa shape index (κ2) is 8.61. The molecule has 3 heterocycles. The van der Waals surface area contributed by atoms with E-state index in [0.717, 1.165) is 33.4 Å². The van der Waals surface area contributed by atoms with Crippen LogP contribution in [0.15, 0.2) is 47.0 Å². The molecule has 1 aromatic carbocycles. The van der Waals surface area contributed by atoms with Gasteiger partial charge in [0.2, 0.25) is 5.91 Å². The van der Waals surface area contributed by atoms with Gasteiger partial charge in [-0.2, -0.15) is 0 Å². The lowest BCUT2D eigenvalue weighted by atomic mass is 10.1. The van der Waals surface area contributed by atoms with E-state index in [-0.39, 0.29) is 11.9 Å². The molecule has 0 spiro atoms. The molecule has 0 unspecified atom stereocenters. The molecular weight excluding hydrogens is 394 g/mol. The molecule has 8 nitrogen and oxygen atoms in total. The van der Waals surface area contributed by atoms with Crippen molar-refractivity contribution in [1.29, 1.82) is 0 Å². The standard InChI is InChI=1S/C23H25N5O3/c1-15-18-5-3-4-6-19(18)31-20(15)14-27(2)21(29)8-7-16-11-17-13-28(10-9-24)23(30)26-22(17)25-12-16/h3-8,11-12H,9-10,13-14,24H2,1-2H3,(H,25,26,30). The number of likely N-dealkylation sites (N-methyl/N-ethyl adjacent to an activating group) is 1. The topological polar surface area (TPSA) is 105 Å². The molecule has 3 amide bonds. The van der Waals surface area contributed by atoms with Gasteiger partial charge in [0.05, 0.1) is 13.1 Å². The molecule has 0 bridgehead atoms. The third-order valence-electron chi connectivity index (χ3n) is 5.38. The van der Waals surface area contributed by atoms with E-state index in [9.17, 15) is 9.59 Å². The molecule has 0 aliphatic carbocycles. The Balaban J connectivity index is 1.44. The van der Waals surface area contributed by atoms with Gasteiger partial charge in [0.25, 0.3) is 0 Å². The van der Waals surface area contributed by atoms with Gasteiger partial charge < -0.3 is 20.0 Å². The average molecular weight is 419 g/mol. The minimum absolute atomic E-state index is 0.143. The average Bonchev–Trinajstić information content (AvgIpc) is 3.08. The summed E-state index contributed by atoms with van der Waals surface area (Å²) in [6, 6.07) is 9.55. The molecule has 0 saturated carbocycles. The minimum atomic E-state index is -0.202. The maximum atomic E-state index is 12.6. The summed E-state index contributed by atoms with van der Waals surface area (Å²) in [5.41, 5.74) is 9.10. The summed E-state index contributed by atoms with van der Waals surface area (Å²) < 4.78 is 5.91. The Morgan fingerprint density at radius 3 is 2.97 bits per heavy atom. The van der Waals surface area contributed by atoms with Crippen LogP contribution in [0.1, 0.15) is 22.5 Å². The highest BCUT2D eigenvalue weighted by molar-refractivity contribution is 5.93. The molecule has 1 aliphatic heterocycles. The van der Waals surface area contributed by atoms with E-state index in [0.29, 0.717) is 32.0 Å². The molecule has 2 aromatic heterocycles. The van der Waals surface area contributed by atoms with Crippen LogP contribution in [-0.2, 0) is 17.9 Å². The molecule has 3 N–H and O–H groups in total.